The maximum Gasteiger partial charge on any atom is 0.402 e. The SMILES string of the molecule is O=C1NC(=O)N2C(=O)c3ccccc3C2C1C(F)(F)F. The first kappa shape index (κ1) is 12.6. The van der Waals surface area contributed by atoms with Crippen LogP contribution in [0.15, 0.2) is 24.3 Å². The van der Waals surface area contributed by atoms with Gasteiger partial charge >= 0.3 is 12.2 Å². The molecule has 0 spiro atoms. The van der Waals surface area contributed by atoms with E-state index in [4.69, 9.17) is 0 Å². The van der Waals surface area contributed by atoms with Crippen molar-refractivity contribution in [3.63, 3.8) is 0 Å². The van der Waals surface area contributed by atoms with Crippen molar-refractivity contribution < 1.29 is 27.6 Å². The van der Waals surface area contributed by atoms with Crippen LogP contribution in [0.4, 0.5) is 18.0 Å². The molecule has 2 aliphatic rings. The van der Waals surface area contributed by atoms with Crippen LogP contribution in [-0.2, 0) is 4.79 Å². The smallest absolute Gasteiger partial charge is 0.277 e. The Morgan fingerprint density at radius 2 is 1.75 bits per heavy atom. The lowest BCUT2D eigenvalue weighted by Crippen LogP contribution is -2.58. The number of imide groups is 2. The molecule has 0 aromatic heterocycles. The summed E-state index contributed by atoms with van der Waals surface area (Å²) in [5.74, 6) is -4.72. The molecule has 0 saturated carbocycles. The molecule has 0 aliphatic carbocycles. The Bertz CT molecular complexity index is 641. The third kappa shape index (κ3) is 1.54. The number of carbonyl (C=O) groups excluding carboxylic acids is 3. The second-order valence-electron chi connectivity index (χ2n) is 4.52. The molecule has 20 heavy (non-hydrogen) atoms. The normalized spacial score (nSPS) is 25.4. The van der Waals surface area contributed by atoms with E-state index in [0.717, 1.165) is 0 Å². The third-order valence-corrected chi connectivity index (χ3v) is 3.41. The molecule has 1 saturated heterocycles. The summed E-state index contributed by atoms with van der Waals surface area (Å²) in [7, 11) is 0. The Morgan fingerprint density at radius 3 is 2.40 bits per heavy atom. The Balaban J connectivity index is 2.20. The third-order valence-electron chi connectivity index (χ3n) is 3.41. The van der Waals surface area contributed by atoms with Gasteiger partial charge in [0.25, 0.3) is 5.91 Å². The first-order valence-corrected chi connectivity index (χ1v) is 5.66. The number of hydrogen-bond donors (Lipinski definition) is 1. The van der Waals surface area contributed by atoms with Gasteiger partial charge in [-0.3, -0.25) is 19.8 Å². The number of nitrogens with zero attached hydrogens (tertiary/aromatic N) is 1. The van der Waals surface area contributed by atoms with Crippen LogP contribution in [0.3, 0.4) is 0 Å². The Morgan fingerprint density at radius 1 is 1.10 bits per heavy atom. The lowest BCUT2D eigenvalue weighted by atomic mass is 9.90. The molecule has 2 aliphatic heterocycles. The van der Waals surface area contributed by atoms with Crippen LogP contribution in [0.5, 0.6) is 0 Å². The molecule has 5 nitrogen and oxygen atoms in total. The summed E-state index contributed by atoms with van der Waals surface area (Å²) in [5, 5.41) is 1.58. The van der Waals surface area contributed by atoms with Gasteiger partial charge in [-0.15, -0.1) is 0 Å². The molecule has 3 rings (SSSR count). The van der Waals surface area contributed by atoms with Crippen LogP contribution < -0.4 is 5.32 Å². The first-order valence-electron chi connectivity index (χ1n) is 5.66. The minimum absolute atomic E-state index is 0.0107. The molecular formula is C12H7F3N2O3. The Labute approximate surface area is 110 Å². The van der Waals surface area contributed by atoms with Gasteiger partial charge in [-0.2, -0.15) is 13.2 Å². The molecule has 2 atom stereocenters. The van der Waals surface area contributed by atoms with Crippen LogP contribution in [0.2, 0.25) is 0 Å². The zero-order valence-corrected chi connectivity index (χ0v) is 9.77. The van der Waals surface area contributed by atoms with Gasteiger partial charge in [0.1, 0.15) is 0 Å². The largest absolute Gasteiger partial charge is 0.402 e. The summed E-state index contributed by atoms with van der Waals surface area (Å²) in [4.78, 5) is 35.6. The average molecular weight is 284 g/mol. The van der Waals surface area contributed by atoms with Gasteiger partial charge in [-0.05, 0) is 11.6 Å². The summed E-state index contributed by atoms with van der Waals surface area (Å²) in [6.07, 6.45) is -4.86. The number of halogens is 3. The molecule has 1 N–H and O–H groups in total. The van der Waals surface area contributed by atoms with Crippen molar-refractivity contribution in [1.29, 1.82) is 0 Å². The van der Waals surface area contributed by atoms with Crippen LogP contribution in [0, 0.1) is 5.92 Å². The number of nitrogens with one attached hydrogen (secondary N) is 1. The molecule has 104 valence electrons. The van der Waals surface area contributed by atoms with Crippen molar-refractivity contribution in [1.82, 2.24) is 10.2 Å². The van der Waals surface area contributed by atoms with Gasteiger partial charge in [0.05, 0.1) is 6.04 Å². The fourth-order valence-corrected chi connectivity index (χ4v) is 2.61. The summed E-state index contributed by atoms with van der Waals surface area (Å²) >= 11 is 0. The van der Waals surface area contributed by atoms with E-state index in [1.54, 1.807) is 5.32 Å². The standard InChI is InChI=1S/C12H7F3N2O3/c13-12(14,15)7-8-5-3-1-2-4-6(5)10(19)17(8)11(20)16-9(7)18/h1-4,7-8H,(H,16,18,20). The van der Waals surface area contributed by atoms with E-state index in [0.29, 0.717) is 4.90 Å². The number of carbonyl (C=O) groups is 3. The summed E-state index contributed by atoms with van der Waals surface area (Å²) in [5.41, 5.74) is 0.0552. The van der Waals surface area contributed by atoms with Gasteiger partial charge < -0.3 is 0 Å². The topological polar surface area (TPSA) is 66.5 Å². The van der Waals surface area contributed by atoms with Crippen LogP contribution >= 0.6 is 0 Å². The Hall–Kier alpha value is -2.38. The van der Waals surface area contributed by atoms with E-state index in [9.17, 15) is 27.6 Å². The van der Waals surface area contributed by atoms with Crippen LogP contribution in [0.1, 0.15) is 22.0 Å². The number of amides is 4. The highest BCUT2D eigenvalue weighted by Crippen LogP contribution is 2.46. The summed E-state index contributed by atoms with van der Waals surface area (Å²) in [6.45, 7) is 0. The van der Waals surface area contributed by atoms with Crippen molar-refractivity contribution in [3.05, 3.63) is 35.4 Å². The number of rotatable bonds is 0. The van der Waals surface area contributed by atoms with Crippen molar-refractivity contribution >= 4 is 17.8 Å². The predicted octanol–water partition coefficient (Wildman–Crippen LogP) is 1.61. The molecule has 1 aromatic carbocycles. The maximum absolute atomic E-state index is 13.1. The quantitative estimate of drug-likeness (QED) is 0.787. The number of alkyl halides is 3. The van der Waals surface area contributed by atoms with E-state index < -0.39 is 36.0 Å². The second kappa shape index (κ2) is 3.81. The highest BCUT2D eigenvalue weighted by molar-refractivity contribution is 6.14. The molecular weight excluding hydrogens is 277 g/mol. The minimum atomic E-state index is -4.86. The fraction of sp³-hybridized carbons (Fsp3) is 0.250. The van der Waals surface area contributed by atoms with Crippen molar-refractivity contribution in [3.8, 4) is 0 Å². The fourth-order valence-electron chi connectivity index (χ4n) is 2.61. The molecule has 8 heteroatoms. The number of hydrogen-bond acceptors (Lipinski definition) is 3. The molecule has 0 bridgehead atoms. The van der Waals surface area contributed by atoms with E-state index in [-0.39, 0.29) is 11.1 Å². The number of urea groups is 1. The zero-order chi connectivity index (χ0) is 14.7. The van der Waals surface area contributed by atoms with E-state index in [2.05, 4.69) is 0 Å². The lowest BCUT2D eigenvalue weighted by molar-refractivity contribution is -0.194. The van der Waals surface area contributed by atoms with Gasteiger partial charge in [0, 0.05) is 5.56 Å². The second-order valence-corrected chi connectivity index (χ2v) is 4.52. The summed E-state index contributed by atoms with van der Waals surface area (Å²) < 4.78 is 39.2. The van der Waals surface area contributed by atoms with Crippen molar-refractivity contribution in [2.75, 3.05) is 0 Å². The molecule has 4 amide bonds. The monoisotopic (exact) mass is 284 g/mol. The molecule has 2 unspecified atom stereocenters. The minimum Gasteiger partial charge on any atom is -0.277 e. The van der Waals surface area contributed by atoms with Crippen LogP contribution in [-0.4, -0.2) is 28.9 Å². The average Bonchev–Trinajstić information content (AvgIpc) is 2.63. The summed E-state index contributed by atoms with van der Waals surface area (Å²) in [6, 6.07) is 2.85. The predicted molar refractivity (Wildman–Crippen MR) is 58.4 cm³/mol. The van der Waals surface area contributed by atoms with Gasteiger partial charge in [0.15, 0.2) is 5.92 Å². The van der Waals surface area contributed by atoms with E-state index in [1.807, 2.05) is 0 Å². The van der Waals surface area contributed by atoms with Gasteiger partial charge in [-0.1, -0.05) is 18.2 Å². The highest BCUT2D eigenvalue weighted by Gasteiger charge is 2.60. The molecule has 0 radical (unpaired) electrons. The molecule has 1 aromatic rings. The Kier molecular flexibility index (Phi) is 2.41. The zero-order valence-electron chi connectivity index (χ0n) is 9.77. The lowest BCUT2D eigenvalue weighted by Gasteiger charge is -2.35. The number of fused-ring (bicyclic) bond motifs is 3. The highest BCUT2D eigenvalue weighted by atomic mass is 19.4. The van der Waals surface area contributed by atoms with Crippen LogP contribution in [0.25, 0.3) is 0 Å². The molecule has 1 fully saturated rings. The molecule has 2 heterocycles. The first-order chi connectivity index (χ1) is 9.32. The van der Waals surface area contributed by atoms with Gasteiger partial charge in [-0.25, -0.2) is 4.79 Å². The van der Waals surface area contributed by atoms with Crippen molar-refractivity contribution in [2.24, 2.45) is 5.92 Å². The maximum atomic E-state index is 13.1. The number of benzene rings is 1. The van der Waals surface area contributed by atoms with Gasteiger partial charge in [0.2, 0.25) is 5.91 Å². The van der Waals surface area contributed by atoms with E-state index in [1.165, 1.54) is 24.3 Å². The van der Waals surface area contributed by atoms with E-state index >= 15 is 0 Å². The van der Waals surface area contributed by atoms with Crippen molar-refractivity contribution in [2.45, 2.75) is 12.2 Å².